The van der Waals surface area contributed by atoms with Crippen molar-refractivity contribution in [3.05, 3.63) is 0 Å². The minimum Gasteiger partial charge on any atom is -0.378 e. The summed E-state index contributed by atoms with van der Waals surface area (Å²) < 4.78 is 13.3. The van der Waals surface area contributed by atoms with E-state index >= 15 is 0 Å². The van der Waals surface area contributed by atoms with Crippen LogP contribution in [0.5, 0.6) is 0 Å². The SMILES string of the molecule is C1=[N+]SN=C1N1CCOCC1. The highest BCUT2D eigenvalue weighted by Crippen LogP contribution is 2.05. The van der Waals surface area contributed by atoms with Crippen molar-refractivity contribution in [3.8, 4) is 0 Å². The molecule has 0 aromatic heterocycles. The van der Waals surface area contributed by atoms with Crippen molar-refractivity contribution in [1.29, 1.82) is 0 Å². The van der Waals surface area contributed by atoms with E-state index < -0.39 is 0 Å². The summed E-state index contributed by atoms with van der Waals surface area (Å²) in [6, 6.07) is 0. The first-order chi connectivity index (χ1) is 5.47. The molecule has 2 heterocycles. The molecule has 1 radical (unpaired) electrons. The van der Waals surface area contributed by atoms with Crippen LogP contribution < -0.4 is 4.40 Å². The fourth-order valence-corrected chi connectivity index (χ4v) is 1.53. The van der Waals surface area contributed by atoms with Crippen molar-refractivity contribution in [2.24, 2.45) is 4.40 Å². The Kier molecular flexibility index (Phi) is 2.09. The van der Waals surface area contributed by atoms with Gasteiger partial charge in [0.25, 0.3) is 6.21 Å². The van der Waals surface area contributed by atoms with Gasteiger partial charge in [0, 0.05) is 13.1 Å². The van der Waals surface area contributed by atoms with Crippen LogP contribution in [0.4, 0.5) is 0 Å². The van der Waals surface area contributed by atoms with Gasteiger partial charge >= 0.3 is 12.1 Å². The highest BCUT2D eigenvalue weighted by atomic mass is 32.2. The molecule has 0 unspecified atom stereocenters. The molecule has 5 heteroatoms. The zero-order valence-electron chi connectivity index (χ0n) is 6.06. The predicted molar refractivity (Wildman–Crippen MR) is 45.6 cm³/mol. The fourth-order valence-electron chi connectivity index (χ4n) is 1.09. The monoisotopic (exact) mass is 171 g/mol. The maximum Gasteiger partial charge on any atom is 0.388 e. The van der Waals surface area contributed by atoms with Crippen molar-refractivity contribution in [2.75, 3.05) is 26.3 Å². The molecule has 0 spiro atoms. The van der Waals surface area contributed by atoms with Crippen LogP contribution in [-0.4, -0.2) is 43.3 Å². The van der Waals surface area contributed by atoms with Crippen molar-refractivity contribution in [2.45, 2.75) is 0 Å². The van der Waals surface area contributed by atoms with Crippen molar-refractivity contribution < 1.29 is 4.74 Å². The van der Waals surface area contributed by atoms with E-state index in [2.05, 4.69) is 13.7 Å². The Balaban J connectivity index is 1.97. The average Bonchev–Trinajstić information content (AvgIpc) is 2.58. The minimum absolute atomic E-state index is 0.803. The average molecular weight is 171 g/mol. The van der Waals surface area contributed by atoms with E-state index in [4.69, 9.17) is 4.74 Å². The first-order valence-electron chi connectivity index (χ1n) is 3.57. The molecule has 0 aromatic rings. The van der Waals surface area contributed by atoms with E-state index in [-0.39, 0.29) is 0 Å². The Bertz CT molecular complexity index is 198. The second-order valence-electron chi connectivity index (χ2n) is 2.37. The second-order valence-corrected chi connectivity index (χ2v) is 2.92. The van der Waals surface area contributed by atoms with Gasteiger partial charge in [-0.1, -0.05) is 0 Å². The minimum atomic E-state index is 0.803. The van der Waals surface area contributed by atoms with Crippen molar-refractivity contribution in [3.63, 3.8) is 0 Å². The molecule has 0 atom stereocenters. The van der Waals surface area contributed by atoms with Crippen LogP contribution in [0.2, 0.25) is 0 Å². The van der Waals surface area contributed by atoms with E-state index in [0.29, 0.717) is 0 Å². The number of amidine groups is 1. The summed E-state index contributed by atoms with van der Waals surface area (Å²) in [5, 5.41) is 0. The molecule has 1 saturated heterocycles. The Morgan fingerprint density at radius 1 is 1.55 bits per heavy atom. The molecule has 11 heavy (non-hydrogen) atoms. The summed E-state index contributed by atoms with van der Waals surface area (Å²) in [7, 11) is 0. The van der Waals surface area contributed by atoms with Crippen LogP contribution in [0, 0.1) is 0 Å². The first kappa shape index (κ1) is 7.12. The molecule has 4 nitrogen and oxygen atoms in total. The van der Waals surface area contributed by atoms with Gasteiger partial charge in [-0.05, 0) is 0 Å². The first-order valence-corrected chi connectivity index (χ1v) is 4.30. The summed E-state index contributed by atoms with van der Waals surface area (Å²) in [5.41, 5.74) is 0. The smallest absolute Gasteiger partial charge is 0.378 e. The van der Waals surface area contributed by atoms with Crippen LogP contribution in [0.1, 0.15) is 0 Å². The van der Waals surface area contributed by atoms with Crippen molar-refractivity contribution in [1.82, 2.24) is 9.30 Å². The van der Waals surface area contributed by atoms with E-state index in [1.54, 1.807) is 6.21 Å². The molecule has 0 saturated carbocycles. The van der Waals surface area contributed by atoms with Crippen LogP contribution in [-0.2, 0) is 4.74 Å². The maximum absolute atomic E-state index is 5.21. The highest BCUT2D eigenvalue weighted by molar-refractivity contribution is 7.96. The second kappa shape index (κ2) is 3.23. The van der Waals surface area contributed by atoms with Crippen LogP contribution in [0.25, 0.3) is 0 Å². The third-order valence-corrected chi connectivity index (χ3v) is 2.15. The number of rotatable bonds is 0. The quantitative estimate of drug-likeness (QED) is 0.470. The van der Waals surface area contributed by atoms with Gasteiger partial charge in [-0.25, -0.2) is 0 Å². The summed E-state index contributed by atoms with van der Waals surface area (Å²) in [6.07, 6.45) is 1.80. The van der Waals surface area contributed by atoms with Crippen LogP contribution in [0.3, 0.4) is 0 Å². The zero-order valence-corrected chi connectivity index (χ0v) is 6.88. The van der Waals surface area contributed by atoms with Gasteiger partial charge in [-0.2, -0.15) is 0 Å². The van der Waals surface area contributed by atoms with Crippen molar-refractivity contribution >= 4 is 24.2 Å². The van der Waals surface area contributed by atoms with Gasteiger partial charge in [0.15, 0.2) is 0 Å². The van der Waals surface area contributed by atoms with E-state index in [1.807, 2.05) is 0 Å². The van der Waals surface area contributed by atoms with E-state index in [0.717, 1.165) is 32.1 Å². The normalized spacial score (nSPS) is 24.0. The predicted octanol–water partition coefficient (Wildman–Crippen LogP) is -0.300. The summed E-state index contributed by atoms with van der Waals surface area (Å²) in [6.45, 7) is 3.48. The number of morpholine rings is 1. The Morgan fingerprint density at radius 3 is 3.00 bits per heavy atom. The van der Waals surface area contributed by atoms with Gasteiger partial charge in [0.05, 0.1) is 13.2 Å². The molecular formula is C6H9N3OS+. The van der Waals surface area contributed by atoms with Gasteiger partial charge < -0.3 is 9.64 Å². The number of ether oxygens (including phenoxy) is 1. The summed E-state index contributed by atoms with van der Waals surface area (Å²) in [5.74, 6) is 0.985. The lowest BCUT2D eigenvalue weighted by atomic mass is 10.4. The summed E-state index contributed by atoms with van der Waals surface area (Å²) in [4.78, 5) is 2.19. The van der Waals surface area contributed by atoms with Gasteiger partial charge in [-0.15, -0.1) is 4.40 Å². The maximum atomic E-state index is 5.21. The Hall–Kier alpha value is -0.550. The molecule has 0 N–H and O–H groups in total. The standard InChI is InChI=1S/C6H9N3OS/c1-3-10-4-2-9(1)6-5-7-11-8-6/h5H,1-4H2/q+1. The fraction of sp³-hybridized carbons (Fsp3) is 0.667. The van der Waals surface area contributed by atoms with Gasteiger partial charge in [0.2, 0.25) is 5.84 Å². The Morgan fingerprint density at radius 2 is 2.36 bits per heavy atom. The summed E-state index contributed by atoms with van der Waals surface area (Å²) >= 11 is 1.25. The van der Waals surface area contributed by atoms with Crippen LogP contribution >= 0.6 is 12.1 Å². The van der Waals surface area contributed by atoms with E-state index in [1.165, 1.54) is 12.1 Å². The molecule has 0 bridgehead atoms. The molecule has 2 aliphatic rings. The molecule has 0 aromatic carbocycles. The molecule has 2 rings (SSSR count). The molecule has 0 aliphatic carbocycles. The van der Waals surface area contributed by atoms with Gasteiger partial charge in [-0.3, -0.25) is 0 Å². The lowest BCUT2D eigenvalue weighted by molar-refractivity contribution is 0.0691. The number of hydrogen-bond acceptors (Lipinski definition) is 5. The lowest BCUT2D eigenvalue weighted by Gasteiger charge is -2.25. The molecule has 59 valence electrons. The largest absolute Gasteiger partial charge is 0.388 e. The third kappa shape index (κ3) is 1.54. The lowest BCUT2D eigenvalue weighted by Crippen LogP contribution is -2.40. The topological polar surface area (TPSA) is 38.9 Å². The van der Waals surface area contributed by atoms with Gasteiger partial charge in [0.1, 0.15) is 4.40 Å². The third-order valence-electron chi connectivity index (χ3n) is 1.68. The number of hydrogen-bond donors (Lipinski definition) is 0. The number of nitrogens with zero attached hydrogens (tertiary/aromatic N) is 3. The molecule has 2 aliphatic heterocycles. The highest BCUT2D eigenvalue weighted by Gasteiger charge is 2.21. The molecule has 0 amide bonds. The Labute approximate surface area is 69.6 Å². The zero-order chi connectivity index (χ0) is 7.52. The molecule has 1 fully saturated rings. The molecular weight excluding hydrogens is 162 g/mol. The van der Waals surface area contributed by atoms with Crippen LogP contribution in [0.15, 0.2) is 4.40 Å². The van der Waals surface area contributed by atoms with E-state index in [9.17, 15) is 0 Å².